The molecule has 2 aromatic carbocycles. The minimum atomic E-state index is -0.270. The van der Waals surface area contributed by atoms with E-state index in [1.807, 2.05) is 0 Å². The predicted octanol–water partition coefficient (Wildman–Crippen LogP) is 3.43. The second kappa shape index (κ2) is 4.89. The molecule has 0 spiro atoms. The Morgan fingerprint density at radius 1 is 1.12 bits per heavy atom. The van der Waals surface area contributed by atoms with Gasteiger partial charge in [-0.2, -0.15) is 5.26 Å². The van der Waals surface area contributed by atoms with Gasteiger partial charge in [0.1, 0.15) is 5.82 Å². The van der Waals surface area contributed by atoms with Crippen LogP contribution in [0.2, 0.25) is 0 Å². The van der Waals surface area contributed by atoms with E-state index in [1.165, 1.54) is 23.9 Å². The monoisotopic (exact) mass is 244 g/mol. The second-order valence-corrected chi connectivity index (χ2v) is 4.54. The van der Waals surface area contributed by atoms with E-state index in [4.69, 9.17) is 11.0 Å². The lowest BCUT2D eigenvalue weighted by Gasteiger charge is -2.05. The van der Waals surface area contributed by atoms with E-state index in [2.05, 4.69) is 6.07 Å². The molecule has 2 aromatic rings. The number of nitriles is 1. The summed E-state index contributed by atoms with van der Waals surface area (Å²) in [6.45, 7) is 0. The molecule has 0 aliphatic rings. The molecule has 0 atom stereocenters. The molecular weight excluding hydrogens is 235 g/mol. The smallest absolute Gasteiger partial charge is 0.123 e. The number of anilines is 1. The van der Waals surface area contributed by atoms with Gasteiger partial charge in [0, 0.05) is 15.5 Å². The first kappa shape index (κ1) is 11.5. The quantitative estimate of drug-likeness (QED) is 0.823. The van der Waals surface area contributed by atoms with Crippen LogP contribution in [0.4, 0.5) is 10.1 Å². The number of nitrogens with two attached hydrogens (primary N) is 1. The molecule has 0 heterocycles. The summed E-state index contributed by atoms with van der Waals surface area (Å²) >= 11 is 1.41. The van der Waals surface area contributed by atoms with Crippen molar-refractivity contribution >= 4 is 17.4 Å². The van der Waals surface area contributed by atoms with Crippen LogP contribution in [0.25, 0.3) is 0 Å². The number of benzene rings is 2. The lowest BCUT2D eigenvalue weighted by molar-refractivity contribution is 0.626. The Kier molecular flexibility index (Phi) is 3.31. The number of rotatable bonds is 2. The van der Waals surface area contributed by atoms with Crippen molar-refractivity contribution in [3.8, 4) is 6.07 Å². The summed E-state index contributed by atoms with van der Waals surface area (Å²) in [5.41, 5.74) is 6.99. The van der Waals surface area contributed by atoms with Gasteiger partial charge in [-0.25, -0.2) is 4.39 Å². The first-order valence-corrected chi connectivity index (χ1v) is 5.74. The lowest BCUT2D eigenvalue weighted by atomic mass is 10.2. The summed E-state index contributed by atoms with van der Waals surface area (Å²) in [5.74, 6) is -0.270. The van der Waals surface area contributed by atoms with Crippen LogP contribution in [0.15, 0.2) is 52.3 Å². The fraction of sp³-hybridized carbons (Fsp3) is 0. The minimum absolute atomic E-state index is 0.270. The van der Waals surface area contributed by atoms with Gasteiger partial charge in [-0.3, -0.25) is 0 Å². The maximum Gasteiger partial charge on any atom is 0.123 e. The fourth-order valence-electron chi connectivity index (χ4n) is 1.32. The van der Waals surface area contributed by atoms with Gasteiger partial charge < -0.3 is 5.73 Å². The molecule has 0 fully saturated rings. The molecule has 2 rings (SSSR count). The summed E-state index contributed by atoms with van der Waals surface area (Å²) in [4.78, 5) is 1.68. The van der Waals surface area contributed by atoms with Crippen molar-refractivity contribution in [1.29, 1.82) is 5.26 Å². The summed E-state index contributed by atoms with van der Waals surface area (Å²) in [6, 6.07) is 13.3. The molecule has 0 saturated heterocycles. The largest absolute Gasteiger partial charge is 0.398 e. The maximum atomic E-state index is 12.7. The fourth-order valence-corrected chi connectivity index (χ4v) is 2.22. The molecule has 84 valence electrons. The van der Waals surface area contributed by atoms with Crippen molar-refractivity contribution in [3.05, 3.63) is 53.8 Å². The van der Waals surface area contributed by atoms with Gasteiger partial charge in [0.05, 0.1) is 11.6 Å². The van der Waals surface area contributed by atoms with Crippen molar-refractivity contribution in [3.63, 3.8) is 0 Å². The van der Waals surface area contributed by atoms with Crippen molar-refractivity contribution in [1.82, 2.24) is 0 Å². The van der Waals surface area contributed by atoms with Crippen molar-refractivity contribution in [2.24, 2.45) is 0 Å². The summed E-state index contributed by atoms with van der Waals surface area (Å²) in [5, 5.41) is 8.81. The number of hydrogen-bond donors (Lipinski definition) is 1. The highest BCUT2D eigenvalue weighted by Crippen LogP contribution is 2.32. The molecule has 0 saturated carbocycles. The molecule has 0 radical (unpaired) electrons. The molecule has 0 aliphatic carbocycles. The second-order valence-electron chi connectivity index (χ2n) is 3.42. The van der Waals surface area contributed by atoms with Gasteiger partial charge in [-0.05, 0) is 42.5 Å². The number of nitrogens with zero attached hydrogens (tertiary/aromatic N) is 1. The molecule has 0 bridgehead atoms. The van der Waals surface area contributed by atoms with Crippen LogP contribution in [-0.4, -0.2) is 0 Å². The number of halogens is 1. The average Bonchev–Trinajstić information content (AvgIpc) is 2.35. The number of nitrogen functional groups attached to an aromatic ring is 1. The molecule has 2 N–H and O–H groups in total. The molecule has 4 heteroatoms. The lowest BCUT2D eigenvalue weighted by Crippen LogP contribution is -1.89. The summed E-state index contributed by atoms with van der Waals surface area (Å²) < 4.78 is 12.7. The molecule has 0 unspecified atom stereocenters. The first-order valence-electron chi connectivity index (χ1n) is 4.92. The van der Waals surface area contributed by atoms with E-state index in [0.717, 1.165) is 9.79 Å². The van der Waals surface area contributed by atoms with Crippen LogP contribution >= 0.6 is 11.8 Å². The van der Waals surface area contributed by atoms with Crippen LogP contribution in [0.5, 0.6) is 0 Å². The number of hydrogen-bond acceptors (Lipinski definition) is 3. The average molecular weight is 244 g/mol. The molecule has 2 nitrogen and oxygen atoms in total. The van der Waals surface area contributed by atoms with Gasteiger partial charge in [-0.15, -0.1) is 0 Å². The van der Waals surface area contributed by atoms with Crippen LogP contribution < -0.4 is 5.73 Å². The maximum absolute atomic E-state index is 12.7. The molecule has 17 heavy (non-hydrogen) atoms. The van der Waals surface area contributed by atoms with E-state index >= 15 is 0 Å². The van der Waals surface area contributed by atoms with E-state index in [-0.39, 0.29) is 5.82 Å². The predicted molar refractivity (Wildman–Crippen MR) is 66.1 cm³/mol. The highest BCUT2D eigenvalue weighted by molar-refractivity contribution is 7.99. The SMILES string of the molecule is N#Cc1ccc(N)c(Sc2ccc(F)cc2)c1. The summed E-state index contributed by atoms with van der Waals surface area (Å²) in [7, 11) is 0. The van der Waals surface area contributed by atoms with Crippen molar-refractivity contribution < 1.29 is 4.39 Å². The Balaban J connectivity index is 2.29. The molecule has 0 amide bonds. The van der Waals surface area contributed by atoms with Gasteiger partial charge in [-0.1, -0.05) is 11.8 Å². The third kappa shape index (κ3) is 2.77. The van der Waals surface area contributed by atoms with E-state index < -0.39 is 0 Å². The van der Waals surface area contributed by atoms with Gasteiger partial charge >= 0.3 is 0 Å². The van der Waals surface area contributed by atoms with E-state index in [1.54, 1.807) is 30.3 Å². The Morgan fingerprint density at radius 3 is 2.47 bits per heavy atom. The minimum Gasteiger partial charge on any atom is -0.398 e. The zero-order valence-corrected chi connectivity index (χ0v) is 9.67. The Labute approximate surface area is 103 Å². The van der Waals surface area contributed by atoms with Gasteiger partial charge in [0.2, 0.25) is 0 Å². The van der Waals surface area contributed by atoms with E-state index in [9.17, 15) is 4.39 Å². The Hall–Kier alpha value is -1.99. The molecular formula is C13H9FN2S. The molecule has 0 aliphatic heterocycles. The van der Waals surface area contributed by atoms with Crippen LogP contribution in [0.1, 0.15) is 5.56 Å². The van der Waals surface area contributed by atoms with Crippen LogP contribution in [0.3, 0.4) is 0 Å². The Morgan fingerprint density at radius 2 is 1.82 bits per heavy atom. The topological polar surface area (TPSA) is 49.8 Å². The van der Waals surface area contributed by atoms with Gasteiger partial charge in [0.25, 0.3) is 0 Å². The zero-order chi connectivity index (χ0) is 12.3. The Bertz CT molecular complexity index is 573. The normalized spacial score (nSPS) is 9.88. The van der Waals surface area contributed by atoms with Crippen molar-refractivity contribution in [2.75, 3.05) is 5.73 Å². The zero-order valence-electron chi connectivity index (χ0n) is 8.85. The van der Waals surface area contributed by atoms with E-state index in [0.29, 0.717) is 11.3 Å². The van der Waals surface area contributed by atoms with Crippen LogP contribution in [0, 0.1) is 17.1 Å². The highest BCUT2D eigenvalue weighted by atomic mass is 32.2. The third-order valence-electron chi connectivity index (χ3n) is 2.18. The van der Waals surface area contributed by atoms with Gasteiger partial charge in [0.15, 0.2) is 0 Å². The van der Waals surface area contributed by atoms with Crippen molar-refractivity contribution in [2.45, 2.75) is 9.79 Å². The van der Waals surface area contributed by atoms with Crippen LogP contribution in [-0.2, 0) is 0 Å². The standard InChI is InChI=1S/C13H9FN2S/c14-10-2-4-11(5-3-10)17-13-7-9(8-15)1-6-12(13)16/h1-7H,16H2. The summed E-state index contributed by atoms with van der Waals surface area (Å²) in [6.07, 6.45) is 0. The molecule has 0 aromatic heterocycles. The third-order valence-corrected chi connectivity index (χ3v) is 3.27. The first-order chi connectivity index (χ1) is 8.19. The highest BCUT2D eigenvalue weighted by Gasteiger charge is 2.03.